The summed E-state index contributed by atoms with van der Waals surface area (Å²) < 4.78 is 60.8. The number of hydrogen-bond donors (Lipinski definition) is 1. The normalized spacial score (nSPS) is 12.2. The zero-order valence-electron chi connectivity index (χ0n) is 10.7. The van der Waals surface area contributed by atoms with Gasteiger partial charge < -0.3 is 0 Å². The number of anilines is 1. The van der Waals surface area contributed by atoms with Crippen molar-refractivity contribution in [2.24, 2.45) is 0 Å². The fourth-order valence-electron chi connectivity index (χ4n) is 1.38. The standard InChI is InChI=1S/C12H14F3NO3S/c1-2-20(18,19)16-10-5-3-9(4-6-10)11(17)7-8-12(13,14)15/h3-6,16H,2,7-8H2,1H3. The van der Waals surface area contributed by atoms with Gasteiger partial charge in [0.05, 0.1) is 12.2 Å². The molecule has 0 radical (unpaired) electrons. The smallest absolute Gasteiger partial charge is 0.294 e. The topological polar surface area (TPSA) is 63.2 Å². The van der Waals surface area contributed by atoms with E-state index in [9.17, 15) is 26.4 Å². The molecule has 0 fully saturated rings. The van der Waals surface area contributed by atoms with Crippen LogP contribution in [0.25, 0.3) is 0 Å². The van der Waals surface area contributed by atoms with E-state index in [1.807, 2.05) is 0 Å². The Hall–Kier alpha value is -1.57. The van der Waals surface area contributed by atoms with Crippen LogP contribution in [0.3, 0.4) is 0 Å². The van der Waals surface area contributed by atoms with Gasteiger partial charge in [-0.05, 0) is 31.2 Å². The maximum Gasteiger partial charge on any atom is 0.389 e. The molecule has 0 saturated carbocycles. The summed E-state index contributed by atoms with van der Waals surface area (Å²) in [5.74, 6) is -0.730. The van der Waals surface area contributed by atoms with Crippen LogP contribution in [-0.2, 0) is 10.0 Å². The summed E-state index contributed by atoms with van der Waals surface area (Å²) in [6.07, 6.45) is -6.16. The van der Waals surface area contributed by atoms with Gasteiger partial charge in [-0.1, -0.05) is 0 Å². The fraction of sp³-hybridized carbons (Fsp3) is 0.417. The summed E-state index contributed by atoms with van der Waals surface area (Å²) in [5.41, 5.74) is 0.382. The van der Waals surface area contributed by atoms with E-state index in [-0.39, 0.29) is 17.0 Å². The lowest BCUT2D eigenvalue weighted by atomic mass is 10.1. The van der Waals surface area contributed by atoms with Crippen LogP contribution in [0.5, 0.6) is 0 Å². The number of Topliss-reactive ketones (excluding diaryl/α,β-unsaturated/α-hetero) is 1. The highest BCUT2D eigenvalue weighted by Gasteiger charge is 2.28. The Morgan fingerprint density at radius 1 is 1.20 bits per heavy atom. The highest BCUT2D eigenvalue weighted by molar-refractivity contribution is 7.92. The molecule has 0 heterocycles. The summed E-state index contributed by atoms with van der Waals surface area (Å²) in [4.78, 5) is 11.5. The lowest BCUT2D eigenvalue weighted by Gasteiger charge is -2.08. The summed E-state index contributed by atoms with van der Waals surface area (Å²) in [6, 6.07) is 5.28. The number of carbonyl (C=O) groups excluding carboxylic acids is 1. The third kappa shape index (κ3) is 5.60. The summed E-state index contributed by atoms with van der Waals surface area (Å²) in [5, 5.41) is 0. The number of carbonyl (C=O) groups is 1. The van der Waals surface area contributed by atoms with Crippen molar-refractivity contribution in [1.29, 1.82) is 0 Å². The number of benzene rings is 1. The Bertz CT molecular complexity index is 565. The van der Waals surface area contributed by atoms with E-state index in [4.69, 9.17) is 0 Å². The summed E-state index contributed by atoms with van der Waals surface area (Å²) in [7, 11) is -3.42. The highest BCUT2D eigenvalue weighted by Crippen LogP contribution is 2.23. The summed E-state index contributed by atoms with van der Waals surface area (Å²) >= 11 is 0. The van der Waals surface area contributed by atoms with Gasteiger partial charge in [0, 0.05) is 17.7 Å². The average Bonchev–Trinajstić information content (AvgIpc) is 2.35. The number of alkyl halides is 3. The largest absolute Gasteiger partial charge is 0.389 e. The van der Waals surface area contributed by atoms with E-state index in [0.29, 0.717) is 0 Å². The van der Waals surface area contributed by atoms with E-state index in [0.717, 1.165) is 0 Å². The van der Waals surface area contributed by atoms with Crippen molar-refractivity contribution in [2.75, 3.05) is 10.5 Å². The summed E-state index contributed by atoms with van der Waals surface area (Å²) in [6.45, 7) is 1.47. The molecule has 0 saturated heterocycles. The first-order valence-corrected chi connectivity index (χ1v) is 7.49. The maximum absolute atomic E-state index is 12.0. The molecule has 112 valence electrons. The fourth-order valence-corrected chi connectivity index (χ4v) is 2.02. The van der Waals surface area contributed by atoms with E-state index in [2.05, 4.69) is 4.72 Å². The molecule has 4 nitrogen and oxygen atoms in total. The van der Waals surface area contributed by atoms with Crippen LogP contribution >= 0.6 is 0 Å². The van der Waals surface area contributed by atoms with Crippen LogP contribution in [0.4, 0.5) is 18.9 Å². The number of sulfonamides is 1. The third-order valence-corrected chi connectivity index (χ3v) is 3.80. The molecule has 0 aromatic heterocycles. The number of halogens is 3. The molecule has 0 spiro atoms. The Morgan fingerprint density at radius 2 is 1.75 bits per heavy atom. The number of hydrogen-bond acceptors (Lipinski definition) is 3. The molecule has 1 aromatic rings. The van der Waals surface area contributed by atoms with Crippen LogP contribution in [0, 0.1) is 0 Å². The Labute approximate surface area is 115 Å². The van der Waals surface area contributed by atoms with Crippen molar-refractivity contribution in [3.63, 3.8) is 0 Å². The zero-order valence-corrected chi connectivity index (χ0v) is 11.5. The maximum atomic E-state index is 12.0. The predicted molar refractivity (Wildman–Crippen MR) is 69.1 cm³/mol. The molecular weight excluding hydrogens is 295 g/mol. The second-order valence-corrected chi connectivity index (χ2v) is 6.13. The average molecular weight is 309 g/mol. The van der Waals surface area contributed by atoms with Gasteiger partial charge in [-0.3, -0.25) is 9.52 Å². The van der Waals surface area contributed by atoms with Crippen LogP contribution in [0.1, 0.15) is 30.1 Å². The highest BCUT2D eigenvalue weighted by atomic mass is 32.2. The molecule has 20 heavy (non-hydrogen) atoms. The van der Waals surface area contributed by atoms with Gasteiger partial charge in [-0.25, -0.2) is 8.42 Å². The minimum absolute atomic E-state index is 0.0980. The SMILES string of the molecule is CCS(=O)(=O)Nc1ccc(C(=O)CCC(F)(F)F)cc1. The predicted octanol–water partition coefficient (Wildman–Crippen LogP) is 2.97. The molecule has 0 aliphatic rings. The van der Waals surface area contributed by atoms with Gasteiger partial charge >= 0.3 is 6.18 Å². The Morgan fingerprint density at radius 3 is 2.20 bits per heavy atom. The van der Waals surface area contributed by atoms with E-state index < -0.39 is 34.8 Å². The monoisotopic (exact) mass is 309 g/mol. The Balaban J connectivity index is 2.69. The number of rotatable bonds is 6. The van der Waals surface area contributed by atoms with Gasteiger partial charge in [0.25, 0.3) is 0 Å². The van der Waals surface area contributed by atoms with Crippen molar-refractivity contribution < 1.29 is 26.4 Å². The lowest BCUT2D eigenvalue weighted by molar-refractivity contribution is -0.133. The first-order valence-electron chi connectivity index (χ1n) is 5.83. The molecule has 0 unspecified atom stereocenters. The van der Waals surface area contributed by atoms with Crippen molar-refractivity contribution >= 4 is 21.5 Å². The second-order valence-electron chi connectivity index (χ2n) is 4.12. The molecule has 1 rings (SSSR count). The molecule has 0 amide bonds. The quantitative estimate of drug-likeness (QED) is 0.822. The minimum Gasteiger partial charge on any atom is -0.294 e. The third-order valence-electron chi connectivity index (χ3n) is 2.50. The van der Waals surface area contributed by atoms with Crippen LogP contribution in [0.15, 0.2) is 24.3 Å². The molecule has 0 bridgehead atoms. The van der Waals surface area contributed by atoms with Gasteiger partial charge in [-0.2, -0.15) is 13.2 Å². The molecule has 1 N–H and O–H groups in total. The van der Waals surface area contributed by atoms with Gasteiger partial charge in [0.1, 0.15) is 0 Å². The molecule has 0 atom stereocenters. The van der Waals surface area contributed by atoms with E-state index in [1.165, 1.54) is 31.2 Å². The first kappa shape index (κ1) is 16.5. The zero-order chi connectivity index (χ0) is 15.4. The van der Waals surface area contributed by atoms with Crippen molar-refractivity contribution in [3.05, 3.63) is 29.8 Å². The first-order chi connectivity index (χ1) is 9.13. The van der Waals surface area contributed by atoms with Crippen LogP contribution in [-0.4, -0.2) is 26.1 Å². The molecule has 1 aromatic carbocycles. The minimum atomic E-state index is -4.37. The Kier molecular flexibility index (Phi) is 5.15. The van der Waals surface area contributed by atoms with Gasteiger partial charge in [-0.15, -0.1) is 0 Å². The molecule has 0 aliphatic carbocycles. The number of nitrogens with one attached hydrogen (secondary N) is 1. The molecule has 0 aliphatic heterocycles. The van der Waals surface area contributed by atoms with Gasteiger partial charge in [0.2, 0.25) is 10.0 Å². The van der Waals surface area contributed by atoms with Crippen molar-refractivity contribution in [2.45, 2.75) is 25.9 Å². The van der Waals surface area contributed by atoms with E-state index >= 15 is 0 Å². The van der Waals surface area contributed by atoms with E-state index in [1.54, 1.807) is 0 Å². The van der Waals surface area contributed by atoms with Crippen LogP contribution < -0.4 is 4.72 Å². The second kappa shape index (κ2) is 6.25. The van der Waals surface area contributed by atoms with Gasteiger partial charge in [0.15, 0.2) is 5.78 Å². The van der Waals surface area contributed by atoms with Crippen LogP contribution in [0.2, 0.25) is 0 Å². The molecule has 8 heteroatoms. The lowest BCUT2D eigenvalue weighted by Crippen LogP contribution is -2.14. The van der Waals surface area contributed by atoms with Crippen molar-refractivity contribution in [1.82, 2.24) is 0 Å². The molecular formula is C12H14F3NO3S. The van der Waals surface area contributed by atoms with Crippen molar-refractivity contribution in [3.8, 4) is 0 Å². The number of ketones is 1.